The SMILES string of the molecule is [C-]#[N+]c1ccc2c3ccccc3n(-c3nc(-c4ccc([Si](c5ccccc5)(c5ccccc5)c5ccccc5)cc4)nc(-n4c5ccc(-n6c7ccccc7c7ccccc76)cc5c5cc(-n6c7ccccc7c7ccccc76)ccc54)n3)c2c1. The average molecular weight is 1100 g/mol. The number of rotatable bonds is 9. The first-order valence-corrected chi connectivity index (χ1v) is 30.6. The molecule has 0 atom stereocenters. The lowest BCUT2D eigenvalue weighted by Crippen LogP contribution is -2.74. The summed E-state index contributed by atoms with van der Waals surface area (Å²) in [6.07, 6.45) is 0. The van der Waals surface area contributed by atoms with Crippen LogP contribution >= 0.6 is 0 Å². The van der Waals surface area contributed by atoms with Crippen molar-refractivity contribution in [3.8, 4) is 34.7 Å². The topological polar surface area (TPSA) is 62.8 Å². The third-order valence-electron chi connectivity index (χ3n) is 17.4. The second-order valence-corrected chi connectivity index (χ2v) is 25.6. The molecule has 17 aromatic rings. The van der Waals surface area contributed by atoms with Crippen LogP contribution < -0.4 is 20.7 Å². The molecule has 0 N–H and O–H groups in total. The maximum Gasteiger partial charge on any atom is 0.240 e. The fourth-order valence-corrected chi connectivity index (χ4v) is 18.5. The van der Waals surface area contributed by atoms with Gasteiger partial charge in [0.05, 0.1) is 45.2 Å². The second-order valence-electron chi connectivity index (χ2n) is 21.8. The zero-order valence-electron chi connectivity index (χ0n) is 45.8. The van der Waals surface area contributed by atoms with E-state index in [1.54, 1.807) is 0 Å². The quantitative estimate of drug-likeness (QED) is 0.0822. The highest BCUT2D eigenvalue weighted by molar-refractivity contribution is 7.19. The molecule has 396 valence electrons. The van der Waals surface area contributed by atoms with E-state index in [-0.39, 0.29) is 0 Å². The monoisotopic (exact) mass is 1100 g/mol. The van der Waals surface area contributed by atoms with Gasteiger partial charge in [-0.25, -0.2) is 4.85 Å². The Morgan fingerprint density at radius 2 is 0.612 bits per heavy atom. The van der Waals surface area contributed by atoms with Gasteiger partial charge in [-0.15, -0.1) is 0 Å². The van der Waals surface area contributed by atoms with E-state index in [9.17, 15) is 0 Å². The van der Waals surface area contributed by atoms with Crippen molar-refractivity contribution in [3.63, 3.8) is 0 Å². The van der Waals surface area contributed by atoms with Gasteiger partial charge in [0.1, 0.15) is 0 Å². The molecule has 9 heteroatoms. The van der Waals surface area contributed by atoms with Gasteiger partial charge in [0.25, 0.3) is 0 Å². The Hall–Kier alpha value is -11.4. The highest BCUT2D eigenvalue weighted by Gasteiger charge is 2.41. The molecule has 0 amide bonds. The Kier molecular flexibility index (Phi) is 10.8. The number of nitrogens with zero attached hydrogens (tertiary/aromatic N) is 8. The fourth-order valence-electron chi connectivity index (χ4n) is 13.8. The summed E-state index contributed by atoms with van der Waals surface area (Å²) in [5.74, 6) is 1.42. The minimum atomic E-state index is -2.86. The van der Waals surface area contributed by atoms with Gasteiger partial charge in [0.2, 0.25) is 11.9 Å². The third kappa shape index (κ3) is 7.29. The molecule has 0 saturated carbocycles. The van der Waals surface area contributed by atoms with Crippen LogP contribution in [0.2, 0.25) is 0 Å². The van der Waals surface area contributed by atoms with E-state index in [0.717, 1.165) is 82.6 Å². The van der Waals surface area contributed by atoms with Crippen LogP contribution in [0.3, 0.4) is 0 Å². The van der Waals surface area contributed by atoms with E-state index in [2.05, 4.69) is 290 Å². The molecule has 85 heavy (non-hydrogen) atoms. The molecule has 0 bridgehead atoms. The van der Waals surface area contributed by atoms with Gasteiger partial charge in [0, 0.05) is 65.5 Å². The molecule has 0 spiro atoms. The molecular formula is C76H48N8Si. The van der Waals surface area contributed by atoms with Crippen molar-refractivity contribution in [3.05, 3.63) is 303 Å². The summed E-state index contributed by atoms with van der Waals surface area (Å²) in [7, 11) is -2.86. The van der Waals surface area contributed by atoms with Crippen molar-refractivity contribution in [1.29, 1.82) is 0 Å². The molecule has 0 saturated heterocycles. The maximum absolute atomic E-state index is 8.13. The van der Waals surface area contributed by atoms with Crippen LogP contribution in [0.25, 0.3) is 127 Å². The number of para-hydroxylation sites is 5. The second kappa shape index (κ2) is 19.1. The van der Waals surface area contributed by atoms with E-state index < -0.39 is 8.07 Å². The summed E-state index contributed by atoms with van der Waals surface area (Å²) in [6.45, 7) is 8.13. The summed E-state index contributed by atoms with van der Waals surface area (Å²) in [5.41, 5.74) is 11.7. The first kappa shape index (κ1) is 48.3. The summed E-state index contributed by atoms with van der Waals surface area (Å²) in [6, 6.07) is 105. The van der Waals surface area contributed by atoms with Gasteiger partial charge in [-0.3, -0.25) is 9.13 Å². The summed E-state index contributed by atoms with van der Waals surface area (Å²) >= 11 is 0. The Bertz CT molecular complexity index is 5180. The van der Waals surface area contributed by atoms with Crippen molar-refractivity contribution in [2.45, 2.75) is 0 Å². The smallest absolute Gasteiger partial charge is 0.240 e. The zero-order chi connectivity index (χ0) is 56.2. The molecule has 0 aliphatic rings. The molecule has 0 fully saturated rings. The summed E-state index contributed by atoms with van der Waals surface area (Å²) < 4.78 is 9.10. The van der Waals surface area contributed by atoms with E-state index in [0.29, 0.717) is 23.4 Å². The summed E-state index contributed by atoms with van der Waals surface area (Å²) in [4.78, 5) is 20.6. The highest BCUT2D eigenvalue weighted by Crippen LogP contribution is 2.41. The van der Waals surface area contributed by atoms with Crippen molar-refractivity contribution in [2.24, 2.45) is 0 Å². The number of aromatic nitrogens is 7. The summed E-state index contributed by atoms with van der Waals surface area (Å²) in [5, 5.41) is 14.1. The third-order valence-corrected chi connectivity index (χ3v) is 22.2. The molecule has 8 nitrogen and oxygen atoms in total. The fraction of sp³-hybridized carbons (Fsp3) is 0. The molecule has 5 heterocycles. The normalized spacial score (nSPS) is 12.0. The van der Waals surface area contributed by atoms with Crippen molar-refractivity contribution < 1.29 is 0 Å². The van der Waals surface area contributed by atoms with Crippen molar-refractivity contribution >= 4 is 122 Å². The average Bonchev–Trinajstić information content (AvgIpc) is 2.35. The predicted octanol–water partition coefficient (Wildman–Crippen LogP) is 15.9. The van der Waals surface area contributed by atoms with E-state index >= 15 is 0 Å². The Morgan fingerprint density at radius 1 is 0.271 bits per heavy atom. The van der Waals surface area contributed by atoms with E-state index in [1.165, 1.54) is 42.3 Å². The molecular weight excluding hydrogens is 1050 g/mol. The standard InChI is InChI=1S/C76H48N8Si/c1-77-51-39-44-63-62-31-15-20-36-70(62)84(73(63)47-51)76-79-74(50-37-42-57(43-38-50)85(54-21-5-2-6-22-54,55-23-7-3-8-24-55)56-25-9-4-10-26-56)78-75(80-76)83-71-45-40-52(81-66-32-16-11-27-58(66)59-28-12-17-33-67(59)81)48-64(71)65-49-53(41-46-72(65)83)82-68-34-18-13-29-60(68)61-30-14-19-35-69(61)82/h2-49H. The minimum absolute atomic E-state index is 0.442. The molecule has 0 aliphatic heterocycles. The molecule has 0 unspecified atom stereocenters. The van der Waals surface area contributed by atoms with Crippen LogP contribution in [-0.4, -0.2) is 41.3 Å². The lowest BCUT2D eigenvalue weighted by atomic mass is 10.1. The van der Waals surface area contributed by atoms with Crippen LogP contribution in [0, 0.1) is 6.57 Å². The van der Waals surface area contributed by atoms with E-state index in [1.807, 2.05) is 24.3 Å². The largest absolute Gasteiger partial charge is 0.309 e. The Labute approximate surface area is 489 Å². The van der Waals surface area contributed by atoms with Gasteiger partial charge in [0.15, 0.2) is 19.6 Å². The molecule has 0 radical (unpaired) electrons. The molecule has 0 aliphatic carbocycles. The number of hydrogen-bond acceptors (Lipinski definition) is 3. The zero-order valence-corrected chi connectivity index (χ0v) is 46.8. The molecule has 5 aromatic heterocycles. The molecule has 12 aromatic carbocycles. The predicted molar refractivity (Wildman–Crippen MR) is 352 cm³/mol. The lowest BCUT2D eigenvalue weighted by molar-refractivity contribution is 0.893. The highest BCUT2D eigenvalue weighted by atomic mass is 28.3. The minimum Gasteiger partial charge on any atom is -0.309 e. The van der Waals surface area contributed by atoms with Crippen LogP contribution in [0.4, 0.5) is 5.69 Å². The number of benzene rings is 12. The van der Waals surface area contributed by atoms with Crippen LogP contribution in [-0.2, 0) is 0 Å². The van der Waals surface area contributed by atoms with Gasteiger partial charge in [-0.05, 0) is 93.5 Å². The maximum atomic E-state index is 8.13. The lowest BCUT2D eigenvalue weighted by Gasteiger charge is -2.34. The van der Waals surface area contributed by atoms with E-state index in [4.69, 9.17) is 21.5 Å². The van der Waals surface area contributed by atoms with Crippen molar-refractivity contribution in [1.82, 2.24) is 33.2 Å². The molecule has 17 rings (SSSR count). The number of fused-ring (bicyclic) bond motifs is 12. The van der Waals surface area contributed by atoms with Gasteiger partial charge in [-0.2, -0.15) is 15.0 Å². The van der Waals surface area contributed by atoms with Gasteiger partial charge < -0.3 is 9.13 Å². The Morgan fingerprint density at radius 3 is 1.02 bits per heavy atom. The van der Waals surface area contributed by atoms with Crippen molar-refractivity contribution in [2.75, 3.05) is 0 Å². The van der Waals surface area contributed by atoms with Crippen LogP contribution in [0.15, 0.2) is 291 Å². The van der Waals surface area contributed by atoms with Crippen LogP contribution in [0.5, 0.6) is 0 Å². The van der Waals surface area contributed by atoms with Gasteiger partial charge >= 0.3 is 0 Å². The Balaban J connectivity index is 0.944. The van der Waals surface area contributed by atoms with Gasteiger partial charge in [-0.1, -0.05) is 218 Å². The van der Waals surface area contributed by atoms with Crippen LogP contribution in [0.1, 0.15) is 0 Å². The first-order chi connectivity index (χ1) is 42.1. The number of hydrogen-bond donors (Lipinski definition) is 0. The first-order valence-electron chi connectivity index (χ1n) is 28.6.